The molecule has 0 atom stereocenters. The lowest BCUT2D eigenvalue weighted by Gasteiger charge is -2.04. The molecule has 1 amide bonds. The van der Waals surface area contributed by atoms with Gasteiger partial charge in [-0.1, -0.05) is 45.5 Å². The minimum Gasteiger partial charge on any atom is -0.494 e. The molecule has 128 valence electrons. The van der Waals surface area contributed by atoms with Crippen LogP contribution >= 0.6 is 27.3 Å². The number of nitrogens with one attached hydrogen (secondary N) is 1. The van der Waals surface area contributed by atoms with E-state index >= 15 is 0 Å². The number of amides is 1. The minimum absolute atomic E-state index is 0.192. The lowest BCUT2D eigenvalue weighted by Crippen LogP contribution is -2.11. The lowest BCUT2D eigenvalue weighted by atomic mass is 10.2. The van der Waals surface area contributed by atoms with Gasteiger partial charge in [0, 0.05) is 16.5 Å². The van der Waals surface area contributed by atoms with E-state index in [0.29, 0.717) is 17.3 Å². The van der Waals surface area contributed by atoms with Crippen molar-refractivity contribution in [1.29, 1.82) is 0 Å². The molecule has 0 saturated heterocycles. The number of ether oxygens (including phenoxy) is 1. The van der Waals surface area contributed by atoms with Crippen molar-refractivity contribution in [1.82, 2.24) is 10.2 Å². The average Bonchev–Trinajstić information content (AvgIpc) is 3.07. The standard InChI is InChI=1S/C18H16BrN3O2S/c19-14-10-8-13(9-11-14)17(23)20-18-22-21-16(25-18)7-4-12-24-15-5-2-1-3-6-15/h1-3,5-6,8-11H,4,7,12H2,(H,20,22,23). The maximum atomic E-state index is 12.1. The van der Waals surface area contributed by atoms with Crippen LogP contribution in [-0.2, 0) is 6.42 Å². The third kappa shape index (κ3) is 5.37. The normalized spacial score (nSPS) is 10.4. The molecule has 2 aromatic carbocycles. The number of hydrogen-bond acceptors (Lipinski definition) is 5. The highest BCUT2D eigenvalue weighted by molar-refractivity contribution is 9.10. The van der Waals surface area contributed by atoms with Gasteiger partial charge in [0.1, 0.15) is 10.8 Å². The van der Waals surface area contributed by atoms with Crippen LogP contribution in [0.3, 0.4) is 0 Å². The second-order valence-corrected chi connectivity index (χ2v) is 7.20. The summed E-state index contributed by atoms with van der Waals surface area (Å²) in [6.07, 6.45) is 1.60. The highest BCUT2D eigenvalue weighted by Gasteiger charge is 2.10. The molecular formula is C18H16BrN3O2S. The largest absolute Gasteiger partial charge is 0.494 e. The Bertz CT molecular complexity index is 822. The van der Waals surface area contributed by atoms with Crippen LogP contribution in [0, 0.1) is 0 Å². The number of carbonyl (C=O) groups is 1. The molecule has 7 heteroatoms. The van der Waals surface area contributed by atoms with E-state index in [0.717, 1.165) is 28.1 Å². The fourth-order valence-corrected chi connectivity index (χ4v) is 3.15. The zero-order chi connectivity index (χ0) is 17.5. The van der Waals surface area contributed by atoms with Crippen LogP contribution in [0.2, 0.25) is 0 Å². The summed E-state index contributed by atoms with van der Waals surface area (Å²) in [6.45, 7) is 0.615. The van der Waals surface area contributed by atoms with E-state index < -0.39 is 0 Å². The predicted octanol–water partition coefficient (Wildman–Crippen LogP) is 4.56. The number of halogens is 1. The molecule has 0 aliphatic heterocycles. The molecule has 0 radical (unpaired) electrons. The summed E-state index contributed by atoms with van der Waals surface area (Å²) in [5.41, 5.74) is 0.580. The van der Waals surface area contributed by atoms with E-state index in [1.165, 1.54) is 11.3 Å². The third-order valence-electron chi connectivity index (χ3n) is 3.34. The van der Waals surface area contributed by atoms with Crippen LogP contribution in [0.1, 0.15) is 21.8 Å². The number of para-hydroxylation sites is 1. The molecule has 3 rings (SSSR count). The molecule has 0 saturated carbocycles. The van der Waals surface area contributed by atoms with Gasteiger partial charge in [-0.2, -0.15) is 0 Å². The Morgan fingerprint density at radius 2 is 1.84 bits per heavy atom. The lowest BCUT2D eigenvalue weighted by molar-refractivity contribution is 0.102. The number of aryl methyl sites for hydroxylation is 1. The summed E-state index contributed by atoms with van der Waals surface area (Å²) in [5, 5.41) is 12.3. The van der Waals surface area contributed by atoms with Gasteiger partial charge in [-0.3, -0.25) is 10.1 Å². The molecule has 1 aromatic heterocycles. The Labute approximate surface area is 158 Å². The topological polar surface area (TPSA) is 64.1 Å². The molecule has 0 fully saturated rings. The number of anilines is 1. The molecule has 1 N–H and O–H groups in total. The van der Waals surface area contributed by atoms with Crippen LogP contribution in [-0.4, -0.2) is 22.7 Å². The first-order valence-corrected chi connectivity index (χ1v) is 9.39. The van der Waals surface area contributed by atoms with Gasteiger partial charge in [-0.15, -0.1) is 10.2 Å². The summed E-state index contributed by atoms with van der Waals surface area (Å²) in [6, 6.07) is 16.9. The van der Waals surface area contributed by atoms with Crippen LogP contribution in [0.4, 0.5) is 5.13 Å². The first-order valence-electron chi connectivity index (χ1n) is 7.78. The Balaban J connectivity index is 1.45. The Kier molecular flexibility index (Phi) is 6.14. The maximum Gasteiger partial charge on any atom is 0.257 e. The molecule has 0 unspecified atom stereocenters. The van der Waals surface area contributed by atoms with Gasteiger partial charge in [0.05, 0.1) is 6.61 Å². The van der Waals surface area contributed by atoms with E-state index in [1.54, 1.807) is 12.1 Å². The quantitative estimate of drug-likeness (QED) is 0.572. The van der Waals surface area contributed by atoms with Gasteiger partial charge >= 0.3 is 0 Å². The molecular weight excluding hydrogens is 402 g/mol. The second kappa shape index (κ2) is 8.73. The highest BCUT2D eigenvalue weighted by atomic mass is 79.9. The number of hydrogen-bond donors (Lipinski definition) is 1. The number of rotatable bonds is 7. The molecule has 5 nitrogen and oxygen atoms in total. The summed E-state index contributed by atoms with van der Waals surface area (Å²) >= 11 is 4.73. The highest BCUT2D eigenvalue weighted by Crippen LogP contribution is 2.18. The van der Waals surface area contributed by atoms with Crippen LogP contribution in [0.25, 0.3) is 0 Å². The summed E-state index contributed by atoms with van der Waals surface area (Å²) in [5.74, 6) is 0.671. The fourth-order valence-electron chi connectivity index (χ4n) is 2.11. The van der Waals surface area contributed by atoms with E-state index in [9.17, 15) is 4.79 Å². The van der Waals surface area contributed by atoms with Crippen molar-refractivity contribution < 1.29 is 9.53 Å². The van der Waals surface area contributed by atoms with Gasteiger partial charge < -0.3 is 4.74 Å². The van der Waals surface area contributed by atoms with Crippen LogP contribution in [0.15, 0.2) is 59.1 Å². The Morgan fingerprint density at radius 1 is 1.08 bits per heavy atom. The van der Waals surface area contributed by atoms with Crippen molar-refractivity contribution in [3.8, 4) is 5.75 Å². The number of aromatic nitrogens is 2. The van der Waals surface area contributed by atoms with Crippen LogP contribution < -0.4 is 10.1 Å². The van der Waals surface area contributed by atoms with E-state index in [2.05, 4.69) is 31.4 Å². The molecule has 1 heterocycles. The number of nitrogens with zero attached hydrogens (tertiary/aromatic N) is 2. The smallest absolute Gasteiger partial charge is 0.257 e. The molecule has 0 aliphatic rings. The summed E-state index contributed by atoms with van der Waals surface area (Å²) in [4.78, 5) is 12.1. The fraction of sp³-hybridized carbons (Fsp3) is 0.167. The molecule has 0 bridgehead atoms. The van der Waals surface area contributed by atoms with Gasteiger partial charge in [0.15, 0.2) is 0 Å². The summed E-state index contributed by atoms with van der Waals surface area (Å²) < 4.78 is 6.58. The third-order valence-corrected chi connectivity index (χ3v) is 4.77. The SMILES string of the molecule is O=C(Nc1nnc(CCCOc2ccccc2)s1)c1ccc(Br)cc1. The zero-order valence-corrected chi connectivity index (χ0v) is 15.7. The molecule has 25 heavy (non-hydrogen) atoms. The summed E-state index contributed by atoms with van der Waals surface area (Å²) in [7, 11) is 0. The van der Waals surface area contributed by atoms with E-state index in [1.807, 2.05) is 42.5 Å². The molecule has 0 spiro atoms. The van der Waals surface area contributed by atoms with Crippen molar-refractivity contribution in [2.24, 2.45) is 0 Å². The van der Waals surface area contributed by atoms with Crippen molar-refractivity contribution >= 4 is 38.3 Å². The molecule has 3 aromatic rings. The van der Waals surface area contributed by atoms with Crippen LogP contribution in [0.5, 0.6) is 5.75 Å². The van der Waals surface area contributed by atoms with Gasteiger partial charge in [-0.05, 0) is 42.8 Å². The van der Waals surface area contributed by atoms with Gasteiger partial charge in [-0.25, -0.2) is 0 Å². The van der Waals surface area contributed by atoms with Crippen molar-refractivity contribution in [2.45, 2.75) is 12.8 Å². The number of benzene rings is 2. The maximum absolute atomic E-state index is 12.1. The first kappa shape index (κ1) is 17.6. The monoisotopic (exact) mass is 417 g/mol. The predicted molar refractivity (Wildman–Crippen MR) is 102 cm³/mol. The Hall–Kier alpha value is -2.25. The van der Waals surface area contributed by atoms with E-state index in [-0.39, 0.29) is 5.91 Å². The van der Waals surface area contributed by atoms with Gasteiger partial charge in [0.25, 0.3) is 5.91 Å². The van der Waals surface area contributed by atoms with Gasteiger partial charge in [0.2, 0.25) is 5.13 Å². The zero-order valence-electron chi connectivity index (χ0n) is 13.3. The first-order chi connectivity index (χ1) is 12.2. The van der Waals surface area contributed by atoms with Crippen molar-refractivity contribution in [3.05, 3.63) is 69.6 Å². The second-order valence-electron chi connectivity index (χ2n) is 5.23. The number of carbonyl (C=O) groups excluding carboxylic acids is 1. The van der Waals surface area contributed by atoms with Crippen molar-refractivity contribution in [2.75, 3.05) is 11.9 Å². The van der Waals surface area contributed by atoms with Crippen molar-refractivity contribution in [3.63, 3.8) is 0 Å². The Morgan fingerprint density at radius 3 is 2.60 bits per heavy atom. The average molecular weight is 418 g/mol. The van der Waals surface area contributed by atoms with E-state index in [4.69, 9.17) is 4.74 Å². The minimum atomic E-state index is -0.192. The molecule has 0 aliphatic carbocycles.